The van der Waals surface area contributed by atoms with Gasteiger partial charge in [0.25, 0.3) is 0 Å². The van der Waals surface area contributed by atoms with E-state index in [9.17, 15) is 5.11 Å². The first-order valence-corrected chi connectivity index (χ1v) is 5.31. The van der Waals surface area contributed by atoms with Gasteiger partial charge in [-0.05, 0) is 26.7 Å². The van der Waals surface area contributed by atoms with Crippen molar-refractivity contribution in [3.8, 4) is 0 Å². The fourth-order valence-corrected chi connectivity index (χ4v) is 1.84. The molecular formula is C11H16N2O2. The molecule has 1 fully saturated rings. The Bertz CT molecular complexity index is 346. The molecule has 2 atom stereocenters. The Morgan fingerprint density at radius 1 is 1.60 bits per heavy atom. The van der Waals surface area contributed by atoms with Crippen LogP contribution in [0.25, 0.3) is 0 Å². The monoisotopic (exact) mass is 208 g/mol. The molecule has 1 saturated heterocycles. The van der Waals surface area contributed by atoms with E-state index >= 15 is 0 Å². The molecule has 4 heteroatoms. The number of aliphatic hydroxyl groups excluding tert-OH is 1. The molecule has 0 radical (unpaired) electrons. The first kappa shape index (κ1) is 10.5. The third-order valence-electron chi connectivity index (χ3n) is 2.70. The minimum Gasteiger partial charge on any atom is -0.389 e. The second kappa shape index (κ2) is 4.24. The Morgan fingerprint density at radius 3 is 2.93 bits per heavy atom. The summed E-state index contributed by atoms with van der Waals surface area (Å²) in [6.45, 7) is 4.41. The minimum atomic E-state index is -0.511. The highest BCUT2D eigenvalue weighted by Gasteiger charge is 2.21. The first-order valence-electron chi connectivity index (χ1n) is 5.31. The molecule has 2 rings (SSSR count). The summed E-state index contributed by atoms with van der Waals surface area (Å²) in [7, 11) is 0. The van der Waals surface area contributed by atoms with Crippen LogP contribution >= 0.6 is 0 Å². The summed E-state index contributed by atoms with van der Waals surface area (Å²) in [5.74, 6) is 0.745. The van der Waals surface area contributed by atoms with E-state index in [4.69, 9.17) is 4.74 Å². The number of hydrogen-bond acceptors (Lipinski definition) is 4. The molecule has 1 aliphatic rings. The van der Waals surface area contributed by atoms with Gasteiger partial charge in [0, 0.05) is 24.1 Å². The van der Waals surface area contributed by atoms with Gasteiger partial charge >= 0.3 is 0 Å². The zero-order valence-electron chi connectivity index (χ0n) is 9.10. The van der Waals surface area contributed by atoms with Gasteiger partial charge in [-0.1, -0.05) is 0 Å². The van der Waals surface area contributed by atoms with Crippen molar-refractivity contribution in [2.75, 3.05) is 6.61 Å². The van der Waals surface area contributed by atoms with Crippen LogP contribution in [0.15, 0.2) is 6.20 Å². The van der Waals surface area contributed by atoms with E-state index < -0.39 is 6.10 Å². The zero-order valence-corrected chi connectivity index (χ0v) is 9.10. The summed E-state index contributed by atoms with van der Waals surface area (Å²) < 4.78 is 5.51. The highest BCUT2D eigenvalue weighted by Crippen LogP contribution is 2.26. The van der Waals surface area contributed by atoms with Gasteiger partial charge in [0.15, 0.2) is 5.82 Å². The largest absolute Gasteiger partial charge is 0.389 e. The lowest BCUT2D eigenvalue weighted by molar-refractivity contribution is 0.104. The van der Waals surface area contributed by atoms with Crippen LogP contribution in [-0.2, 0) is 4.74 Å². The number of rotatable bonds is 2. The van der Waals surface area contributed by atoms with Gasteiger partial charge < -0.3 is 9.84 Å². The standard InChI is InChI=1S/C11H16N2O2/c1-7-9(8(2)14)6-12-11(13-7)10-4-3-5-15-10/h6,8,10,14H,3-5H2,1-2H3/t8-,10?/m0/s1. The number of aromatic nitrogens is 2. The van der Waals surface area contributed by atoms with E-state index in [1.165, 1.54) is 0 Å². The average Bonchev–Trinajstić information content (AvgIpc) is 2.69. The summed E-state index contributed by atoms with van der Waals surface area (Å²) in [5, 5.41) is 9.45. The Hall–Kier alpha value is -1.00. The molecular weight excluding hydrogens is 192 g/mol. The Labute approximate surface area is 89.3 Å². The summed E-state index contributed by atoms with van der Waals surface area (Å²) >= 11 is 0. The van der Waals surface area contributed by atoms with Crippen LogP contribution in [0.5, 0.6) is 0 Å². The molecule has 1 aromatic rings. The van der Waals surface area contributed by atoms with Crippen LogP contribution in [0.1, 0.15) is 49.1 Å². The minimum absolute atomic E-state index is 0.0479. The van der Waals surface area contributed by atoms with E-state index in [0.717, 1.165) is 36.5 Å². The summed E-state index contributed by atoms with van der Waals surface area (Å²) in [4.78, 5) is 8.63. The van der Waals surface area contributed by atoms with Crippen molar-refractivity contribution in [1.82, 2.24) is 9.97 Å². The number of hydrogen-bond donors (Lipinski definition) is 1. The molecule has 1 unspecified atom stereocenters. The van der Waals surface area contributed by atoms with Crippen LogP contribution in [0.4, 0.5) is 0 Å². The molecule has 15 heavy (non-hydrogen) atoms. The normalized spacial score (nSPS) is 23.0. The lowest BCUT2D eigenvalue weighted by Crippen LogP contribution is -2.07. The van der Waals surface area contributed by atoms with Crippen molar-refractivity contribution in [2.24, 2.45) is 0 Å². The lowest BCUT2D eigenvalue weighted by Gasteiger charge is -2.12. The van der Waals surface area contributed by atoms with E-state index in [-0.39, 0.29) is 6.10 Å². The molecule has 0 aromatic carbocycles. The molecule has 1 N–H and O–H groups in total. The van der Waals surface area contributed by atoms with Crippen LogP contribution in [0.3, 0.4) is 0 Å². The van der Waals surface area contributed by atoms with E-state index in [1.54, 1.807) is 13.1 Å². The lowest BCUT2D eigenvalue weighted by atomic mass is 10.1. The van der Waals surface area contributed by atoms with Gasteiger partial charge in [-0.3, -0.25) is 0 Å². The predicted octanol–water partition coefficient (Wildman–Crippen LogP) is 1.69. The van der Waals surface area contributed by atoms with E-state index in [0.29, 0.717) is 0 Å². The summed E-state index contributed by atoms with van der Waals surface area (Å²) in [6.07, 6.45) is 3.30. The van der Waals surface area contributed by atoms with Crippen molar-refractivity contribution >= 4 is 0 Å². The van der Waals surface area contributed by atoms with Gasteiger partial charge in [0.05, 0.1) is 6.10 Å². The average molecular weight is 208 g/mol. The molecule has 0 aliphatic carbocycles. The maximum atomic E-state index is 9.45. The van der Waals surface area contributed by atoms with Crippen molar-refractivity contribution < 1.29 is 9.84 Å². The Kier molecular flexibility index (Phi) is 2.98. The second-order valence-corrected chi connectivity index (χ2v) is 3.95. The fourth-order valence-electron chi connectivity index (χ4n) is 1.84. The van der Waals surface area contributed by atoms with Crippen LogP contribution < -0.4 is 0 Å². The van der Waals surface area contributed by atoms with Crippen LogP contribution in [-0.4, -0.2) is 21.7 Å². The molecule has 0 saturated carbocycles. The third-order valence-corrected chi connectivity index (χ3v) is 2.70. The maximum absolute atomic E-state index is 9.45. The molecule has 82 valence electrons. The Balaban J connectivity index is 2.24. The topological polar surface area (TPSA) is 55.2 Å². The molecule has 0 spiro atoms. The molecule has 1 aliphatic heterocycles. The third kappa shape index (κ3) is 2.16. The van der Waals surface area contributed by atoms with Gasteiger partial charge in [0.2, 0.25) is 0 Å². The number of aliphatic hydroxyl groups is 1. The maximum Gasteiger partial charge on any atom is 0.157 e. The molecule has 2 heterocycles. The van der Waals surface area contributed by atoms with E-state index in [2.05, 4.69) is 9.97 Å². The Morgan fingerprint density at radius 2 is 2.40 bits per heavy atom. The summed E-state index contributed by atoms with van der Waals surface area (Å²) in [5.41, 5.74) is 1.63. The molecule has 0 bridgehead atoms. The number of aryl methyl sites for hydroxylation is 1. The fraction of sp³-hybridized carbons (Fsp3) is 0.636. The van der Waals surface area contributed by atoms with Crippen molar-refractivity contribution in [1.29, 1.82) is 0 Å². The van der Waals surface area contributed by atoms with Crippen LogP contribution in [0.2, 0.25) is 0 Å². The molecule has 1 aromatic heterocycles. The van der Waals surface area contributed by atoms with Crippen molar-refractivity contribution in [3.63, 3.8) is 0 Å². The van der Waals surface area contributed by atoms with Gasteiger partial charge in [0.1, 0.15) is 6.10 Å². The van der Waals surface area contributed by atoms with Gasteiger partial charge in [-0.25, -0.2) is 9.97 Å². The van der Waals surface area contributed by atoms with Gasteiger partial charge in [-0.2, -0.15) is 0 Å². The second-order valence-electron chi connectivity index (χ2n) is 3.95. The summed E-state index contributed by atoms with van der Waals surface area (Å²) in [6, 6.07) is 0. The quantitative estimate of drug-likeness (QED) is 0.803. The number of nitrogens with zero attached hydrogens (tertiary/aromatic N) is 2. The van der Waals surface area contributed by atoms with Crippen LogP contribution in [0, 0.1) is 6.92 Å². The highest BCUT2D eigenvalue weighted by atomic mass is 16.5. The highest BCUT2D eigenvalue weighted by molar-refractivity contribution is 5.19. The van der Waals surface area contributed by atoms with Gasteiger partial charge in [-0.15, -0.1) is 0 Å². The van der Waals surface area contributed by atoms with Crippen molar-refractivity contribution in [3.05, 3.63) is 23.3 Å². The molecule has 4 nitrogen and oxygen atoms in total. The van der Waals surface area contributed by atoms with E-state index in [1.807, 2.05) is 6.92 Å². The number of ether oxygens (including phenoxy) is 1. The molecule has 0 amide bonds. The predicted molar refractivity (Wildman–Crippen MR) is 55.3 cm³/mol. The smallest absolute Gasteiger partial charge is 0.157 e. The first-order chi connectivity index (χ1) is 7.18. The zero-order chi connectivity index (χ0) is 10.8. The van der Waals surface area contributed by atoms with Crippen molar-refractivity contribution in [2.45, 2.75) is 38.9 Å². The SMILES string of the molecule is Cc1nc(C2CCCO2)ncc1[C@H](C)O.